The van der Waals surface area contributed by atoms with E-state index in [-0.39, 0.29) is 11.4 Å². The predicted octanol–water partition coefficient (Wildman–Crippen LogP) is 2.19. The molecule has 0 saturated heterocycles. The minimum Gasteiger partial charge on any atom is -0.318 e. The van der Waals surface area contributed by atoms with E-state index in [2.05, 4.69) is 25.9 Å². The van der Waals surface area contributed by atoms with Crippen molar-refractivity contribution in [2.24, 2.45) is 7.05 Å². The van der Waals surface area contributed by atoms with Gasteiger partial charge in [0.05, 0.1) is 29.5 Å². The first-order valence-corrected chi connectivity index (χ1v) is 8.41. The van der Waals surface area contributed by atoms with E-state index in [0.29, 0.717) is 24.0 Å². The molecule has 0 aliphatic carbocycles. The molecule has 3 heterocycles. The van der Waals surface area contributed by atoms with Gasteiger partial charge in [-0.25, -0.2) is 0 Å². The molecule has 2 amide bonds. The SMILES string of the molecule is CCn1ncc(NC(=O)c2cc(C(F)(F)F)[nH]n2)c1C(=O)Nc1cnn(C)c1C. The Balaban J connectivity index is 1.84. The molecule has 0 radical (unpaired) electrons. The van der Waals surface area contributed by atoms with Gasteiger partial charge in [0.15, 0.2) is 5.69 Å². The maximum Gasteiger partial charge on any atom is 0.432 e. The smallest absolute Gasteiger partial charge is 0.318 e. The number of halogens is 3. The maximum absolute atomic E-state index is 12.8. The molecule has 3 rings (SSSR count). The summed E-state index contributed by atoms with van der Waals surface area (Å²) in [5.74, 6) is -1.48. The summed E-state index contributed by atoms with van der Waals surface area (Å²) in [5.41, 5.74) is -0.375. The number of nitrogens with zero attached hydrogens (tertiary/aromatic N) is 5. The molecular formula is C16H17F3N8O2. The third kappa shape index (κ3) is 3.97. The van der Waals surface area contributed by atoms with Crippen LogP contribution in [0.5, 0.6) is 0 Å². The number of anilines is 2. The first kappa shape index (κ1) is 20.1. The van der Waals surface area contributed by atoms with Gasteiger partial charge in [0, 0.05) is 19.7 Å². The largest absolute Gasteiger partial charge is 0.432 e. The Hall–Kier alpha value is -3.64. The second-order valence-electron chi connectivity index (χ2n) is 6.06. The number of amides is 2. The van der Waals surface area contributed by atoms with Gasteiger partial charge in [-0.15, -0.1) is 0 Å². The highest BCUT2D eigenvalue weighted by atomic mass is 19.4. The second kappa shape index (κ2) is 7.41. The number of hydrogen-bond acceptors (Lipinski definition) is 5. The summed E-state index contributed by atoms with van der Waals surface area (Å²) in [5, 5.41) is 18.2. The quantitative estimate of drug-likeness (QED) is 0.595. The first-order chi connectivity index (χ1) is 13.6. The Morgan fingerprint density at radius 3 is 2.34 bits per heavy atom. The van der Waals surface area contributed by atoms with Crippen molar-refractivity contribution in [1.82, 2.24) is 29.8 Å². The maximum atomic E-state index is 12.8. The normalized spacial score (nSPS) is 11.5. The fourth-order valence-electron chi connectivity index (χ4n) is 2.53. The molecule has 0 aliphatic heterocycles. The molecule has 29 heavy (non-hydrogen) atoms. The van der Waals surface area contributed by atoms with Gasteiger partial charge in [-0.1, -0.05) is 0 Å². The number of rotatable bonds is 5. The molecule has 10 nitrogen and oxygen atoms in total. The number of carbonyl (C=O) groups is 2. The molecule has 0 spiro atoms. The molecule has 0 aromatic carbocycles. The summed E-state index contributed by atoms with van der Waals surface area (Å²) < 4.78 is 41.0. The van der Waals surface area contributed by atoms with Gasteiger partial charge in [-0.2, -0.15) is 28.5 Å². The van der Waals surface area contributed by atoms with Crippen molar-refractivity contribution in [2.45, 2.75) is 26.6 Å². The lowest BCUT2D eigenvalue weighted by molar-refractivity contribution is -0.141. The minimum absolute atomic E-state index is 0.0347. The summed E-state index contributed by atoms with van der Waals surface area (Å²) in [7, 11) is 1.71. The van der Waals surface area contributed by atoms with Crippen molar-refractivity contribution in [3.8, 4) is 0 Å². The molecule has 0 bridgehead atoms. The molecule has 0 aliphatic rings. The number of nitrogens with one attached hydrogen (secondary N) is 3. The van der Waals surface area contributed by atoms with Gasteiger partial charge in [0.2, 0.25) is 0 Å². The van der Waals surface area contributed by atoms with Gasteiger partial charge >= 0.3 is 6.18 Å². The summed E-state index contributed by atoms with van der Waals surface area (Å²) in [6.45, 7) is 3.83. The highest BCUT2D eigenvalue weighted by molar-refractivity contribution is 6.11. The Kier molecular flexibility index (Phi) is 5.14. The number of carbonyl (C=O) groups excluding carboxylic acids is 2. The molecule has 0 unspecified atom stereocenters. The molecule has 3 N–H and O–H groups in total. The zero-order valence-electron chi connectivity index (χ0n) is 15.6. The Bertz CT molecular complexity index is 1060. The van der Waals surface area contributed by atoms with E-state index in [1.165, 1.54) is 17.1 Å². The van der Waals surface area contributed by atoms with Gasteiger partial charge in [-0.3, -0.25) is 24.1 Å². The van der Waals surface area contributed by atoms with E-state index in [1.54, 1.807) is 30.7 Å². The number of aromatic amines is 1. The van der Waals surface area contributed by atoms with Crippen LogP contribution in [-0.2, 0) is 19.8 Å². The number of aryl methyl sites for hydroxylation is 2. The number of alkyl halides is 3. The molecule has 3 aromatic rings. The third-order valence-corrected chi connectivity index (χ3v) is 4.20. The van der Waals surface area contributed by atoms with Crippen molar-refractivity contribution >= 4 is 23.2 Å². The molecule has 0 fully saturated rings. The van der Waals surface area contributed by atoms with Crippen LogP contribution in [0.4, 0.5) is 24.5 Å². The van der Waals surface area contributed by atoms with E-state index in [0.717, 1.165) is 0 Å². The van der Waals surface area contributed by atoms with E-state index in [4.69, 9.17) is 0 Å². The van der Waals surface area contributed by atoms with Crippen molar-refractivity contribution < 1.29 is 22.8 Å². The summed E-state index contributed by atoms with van der Waals surface area (Å²) in [6, 6.07) is 0.582. The average molecular weight is 410 g/mol. The average Bonchev–Trinajstić information content (AvgIpc) is 3.36. The second-order valence-corrected chi connectivity index (χ2v) is 6.06. The van der Waals surface area contributed by atoms with Gasteiger partial charge in [-0.05, 0) is 13.8 Å². The van der Waals surface area contributed by atoms with Crippen molar-refractivity contribution in [3.05, 3.63) is 41.2 Å². The van der Waals surface area contributed by atoms with Crippen LogP contribution < -0.4 is 10.6 Å². The highest BCUT2D eigenvalue weighted by Gasteiger charge is 2.34. The fraction of sp³-hybridized carbons (Fsp3) is 0.312. The molecule has 13 heteroatoms. The lowest BCUT2D eigenvalue weighted by Gasteiger charge is -2.09. The van der Waals surface area contributed by atoms with Crippen molar-refractivity contribution in [2.75, 3.05) is 10.6 Å². The minimum atomic E-state index is -4.66. The van der Waals surface area contributed by atoms with E-state index < -0.39 is 29.4 Å². The Morgan fingerprint density at radius 2 is 1.79 bits per heavy atom. The van der Waals surface area contributed by atoms with Crippen LogP contribution in [0.1, 0.15) is 39.3 Å². The first-order valence-electron chi connectivity index (χ1n) is 8.41. The fourth-order valence-corrected chi connectivity index (χ4v) is 2.53. The summed E-state index contributed by atoms with van der Waals surface area (Å²) >= 11 is 0. The van der Waals surface area contributed by atoms with Gasteiger partial charge in [0.1, 0.15) is 11.4 Å². The van der Waals surface area contributed by atoms with E-state index in [9.17, 15) is 22.8 Å². The molecular weight excluding hydrogens is 393 g/mol. The van der Waals surface area contributed by atoms with Crippen LogP contribution >= 0.6 is 0 Å². The summed E-state index contributed by atoms with van der Waals surface area (Å²) in [4.78, 5) is 25.1. The molecule has 0 atom stereocenters. The molecule has 0 saturated carbocycles. The summed E-state index contributed by atoms with van der Waals surface area (Å²) in [6.07, 6.45) is -1.95. The van der Waals surface area contributed by atoms with Gasteiger partial charge < -0.3 is 10.6 Å². The highest BCUT2D eigenvalue weighted by Crippen LogP contribution is 2.28. The zero-order chi connectivity index (χ0) is 21.3. The zero-order valence-corrected chi connectivity index (χ0v) is 15.6. The van der Waals surface area contributed by atoms with E-state index >= 15 is 0 Å². The van der Waals surface area contributed by atoms with Crippen LogP contribution in [-0.4, -0.2) is 41.6 Å². The topological polar surface area (TPSA) is 123 Å². The lowest BCUT2D eigenvalue weighted by atomic mass is 10.3. The standard InChI is InChI=1S/C16H17F3N8O2/c1-4-27-13(15(29)22-10-6-20-26(3)8(10)2)11(7-21-27)23-14(28)9-5-12(25-24-9)16(17,18)19/h5-7H,4H2,1-3H3,(H,22,29)(H,23,28)(H,24,25). The number of aromatic nitrogens is 6. The third-order valence-electron chi connectivity index (χ3n) is 4.20. The number of H-pyrrole nitrogens is 1. The van der Waals surface area contributed by atoms with E-state index in [1.807, 2.05) is 0 Å². The van der Waals surface area contributed by atoms with Crippen LogP contribution in [0, 0.1) is 6.92 Å². The Morgan fingerprint density at radius 1 is 1.14 bits per heavy atom. The van der Waals surface area contributed by atoms with Crippen LogP contribution in [0.3, 0.4) is 0 Å². The molecule has 3 aromatic heterocycles. The van der Waals surface area contributed by atoms with Crippen LogP contribution in [0.25, 0.3) is 0 Å². The lowest BCUT2D eigenvalue weighted by Crippen LogP contribution is -2.21. The predicted molar refractivity (Wildman–Crippen MR) is 95.3 cm³/mol. The Labute approximate surface area is 162 Å². The molecule has 154 valence electrons. The monoisotopic (exact) mass is 410 g/mol. The van der Waals surface area contributed by atoms with Crippen LogP contribution in [0.2, 0.25) is 0 Å². The number of hydrogen-bond donors (Lipinski definition) is 3. The van der Waals surface area contributed by atoms with Crippen LogP contribution in [0.15, 0.2) is 18.5 Å². The van der Waals surface area contributed by atoms with Gasteiger partial charge in [0.25, 0.3) is 11.8 Å². The van der Waals surface area contributed by atoms with Crippen molar-refractivity contribution in [1.29, 1.82) is 0 Å². The van der Waals surface area contributed by atoms with Crippen molar-refractivity contribution in [3.63, 3.8) is 0 Å².